The lowest BCUT2D eigenvalue weighted by Crippen LogP contribution is -2.35. The van der Waals surface area contributed by atoms with Gasteiger partial charge in [-0.15, -0.1) is 0 Å². The number of nitrogens with zero attached hydrogens (tertiary/aromatic N) is 1. The fraction of sp³-hybridized carbons (Fsp3) is 0.647. The molecule has 1 aromatic carbocycles. The van der Waals surface area contributed by atoms with Crippen LogP contribution in [0.1, 0.15) is 52.1 Å². The van der Waals surface area contributed by atoms with Crippen molar-refractivity contribution in [3.8, 4) is 0 Å². The third kappa shape index (κ3) is 4.88. The molecule has 0 saturated heterocycles. The normalized spacial score (nSPS) is 14.5. The van der Waals surface area contributed by atoms with Crippen LogP contribution in [-0.2, 0) is 0 Å². The van der Waals surface area contributed by atoms with Gasteiger partial charge in [0.2, 0.25) is 0 Å². The molecule has 3 heteroatoms. The van der Waals surface area contributed by atoms with Gasteiger partial charge in [-0.2, -0.15) is 0 Å². The van der Waals surface area contributed by atoms with Crippen LogP contribution in [0.5, 0.6) is 0 Å². The van der Waals surface area contributed by atoms with Crippen LogP contribution in [0, 0.1) is 5.82 Å². The van der Waals surface area contributed by atoms with E-state index in [9.17, 15) is 4.39 Å². The van der Waals surface area contributed by atoms with Gasteiger partial charge in [0.05, 0.1) is 0 Å². The van der Waals surface area contributed by atoms with Crippen molar-refractivity contribution < 1.29 is 4.39 Å². The maximum atomic E-state index is 13.9. The van der Waals surface area contributed by atoms with Crippen molar-refractivity contribution in [1.29, 1.82) is 0 Å². The summed E-state index contributed by atoms with van der Waals surface area (Å²) in [4.78, 5) is 2.46. The van der Waals surface area contributed by atoms with Gasteiger partial charge < -0.3 is 10.2 Å². The van der Waals surface area contributed by atoms with E-state index in [1.807, 2.05) is 12.1 Å². The van der Waals surface area contributed by atoms with Crippen LogP contribution in [0.15, 0.2) is 24.3 Å². The van der Waals surface area contributed by atoms with E-state index in [1.54, 1.807) is 12.1 Å². The molecule has 2 unspecified atom stereocenters. The lowest BCUT2D eigenvalue weighted by atomic mass is 10.0. The summed E-state index contributed by atoms with van der Waals surface area (Å²) in [6, 6.07) is 7.78. The van der Waals surface area contributed by atoms with Crippen molar-refractivity contribution in [3.63, 3.8) is 0 Å². The number of hydrogen-bond donors (Lipinski definition) is 1. The van der Waals surface area contributed by atoms with Crippen LogP contribution < -0.4 is 5.32 Å². The van der Waals surface area contributed by atoms with E-state index >= 15 is 0 Å². The standard InChI is InChI=1S/C17H29FN2/c1-5-14(4)20(7-3)13-12-17(19-6-2)15-10-8-9-11-16(15)18/h8-11,14,17,19H,5-7,12-13H2,1-4H3. The van der Waals surface area contributed by atoms with Crippen LogP contribution in [0.2, 0.25) is 0 Å². The molecule has 0 aliphatic rings. The fourth-order valence-electron chi connectivity index (χ4n) is 2.61. The second-order valence-corrected chi connectivity index (χ2v) is 5.31. The third-order valence-electron chi connectivity index (χ3n) is 4.06. The Kier molecular flexibility index (Phi) is 7.78. The third-order valence-corrected chi connectivity index (χ3v) is 4.06. The predicted molar refractivity (Wildman–Crippen MR) is 84.4 cm³/mol. The zero-order chi connectivity index (χ0) is 15.0. The van der Waals surface area contributed by atoms with E-state index in [0.717, 1.165) is 38.0 Å². The SMILES string of the molecule is CCNC(CCN(CC)C(C)CC)c1ccccc1F. The van der Waals surface area contributed by atoms with Crippen molar-refractivity contribution in [2.75, 3.05) is 19.6 Å². The van der Waals surface area contributed by atoms with Gasteiger partial charge in [0.25, 0.3) is 0 Å². The summed E-state index contributed by atoms with van der Waals surface area (Å²) < 4.78 is 13.9. The maximum Gasteiger partial charge on any atom is 0.127 e. The smallest absolute Gasteiger partial charge is 0.127 e. The molecule has 0 radical (unpaired) electrons. The number of nitrogens with one attached hydrogen (secondary N) is 1. The molecule has 1 aromatic rings. The molecule has 0 heterocycles. The van der Waals surface area contributed by atoms with E-state index in [-0.39, 0.29) is 11.9 Å². The Labute approximate surface area is 123 Å². The summed E-state index contributed by atoms with van der Waals surface area (Å²) in [5.74, 6) is -0.106. The molecule has 0 aliphatic carbocycles. The highest BCUT2D eigenvalue weighted by Crippen LogP contribution is 2.21. The summed E-state index contributed by atoms with van der Waals surface area (Å²) in [5.41, 5.74) is 0.787. The van der Waals surface area contributed by atoms with Gasteiger partial charge in [0.15, 0.2) is 0 Å². The molecule has 0 amide bonds. The molecule has 0 spiro atoms. The molecule has 0 saturated carbocycles. The van der Waals surface area contributed by atoms with Gasteiger partial charge in [-0.25, -0.2) is 4.39 Å². The van der Waals surface area contributed by atoms with Gasteiger partial charge in [0, 0.05) is 24.2 Å². The Balaban J connectivity index is 2.70. The summed E-state index contributed by atoms with van der Waals surface area (Å²) in [5, 5.41) is 3.41. The van der Waals surface area contributed by atoms with Crippen LogP contribution in [-0.4, -0.2) is 30.6 Å². The average Bonchev–Trinajstić information content (AvgIpc) is 2.47. The van der Waals surface area contributed by atoms with Crippen molar-refractivity contribution in [2.24, 2.45) is 0 Å². The molecule has 1 rings (SSSR count). The van der Waals surface area contributed by atoms with Gasteiger partial charge in [-0.05, 0) is 38.9 Å². The average molecular weight is 280 g/mol. The number of benzene rings is 1. The first-order valence-electron chi connectivity index (χ1n) is 7.85. The maximum absolute atomic E-state index is 13.9. The molecule has 2 atom stereocenters. The summed E-state index contributed by atoms with van der Waals surface area (Å²) >= 11 is 0. The van der Waals surface area contributed by atoms with Crippen LogP contribution in [0.25, 0.3) is 0 Å². The highest BCUT2D eigenvalue weighted by atomic mass is 19.1. The first-order valence-corrected chi connectivity index (χ1v) is 7.85. The fourth-order valence-corrected chi connectivity index (χ4v) is 2.61. The van der Waals surface area contributed by atoms with Crippen molar-refractivity contribution in [1.82, 2.24) is 10.2 Å². The van der Waals surface area contributed by atoms with Crippen LogP contribution >= 0.6 is 0 Å². The lowest BCUT2D eigenvalue weighted by molar-refractivity contribution is 0.203. The van der Waals surface area contributed by atoms with Gasteiger partial charge in [0.1, 0.15) is 5.82 Å². The minimum atomic E-state index is -0.106. The topological polar surface area (TPSA) is 15.3 Å². The molecule has 0 aliphatic heterocycles. The second kappa shape index (κ2) is 9.09. The van der Waals surface area contributed by atoms with Crippen LogP contribution in [0.3, 0.4) is 0 Å². The minimum Gasteiger partial charge on any atom is -0.310 e. The lowest BCUT2D eigenvalue weighted by Gasteiger charge is -2.29. The predicted octanol–water partition coefficient (Wildman–Crippen LogP) is 3.99. The number of halogens is 1. The van der Waals surface area contributed by atoms with Crippen molar-refractivity contribution in [2.45, 2.75) is 52.6 Å². The molecule has 20 heavy (non-hydrogen) atoms. The van der Waals surface area contributed by atoms with Crippen molar-refractivity contribution >= 4 is 0 Å². The molecule has 0 fully saturated rings. The van der Waals surface area contributed by atoms with Gasteiger partial charge in [-0.3, -0.25) is 0 Å². The first kappa shape index (κ1) is 17.1. The van der Waals surface area contributed by atoms with Crippen LogP contribution in [0.4, 0.5) is 4.39 Å². The Bertz CT molecular complexity index is 381. The van der Waals surface area contributed by atoms with E-state index < -0.39 is 0 Å². The quantitative estimate of drug-likeness (QED) is 0.736. The molecular weight excluding hydrogens is 251 g/mol. The highest BCUT2D eigenvalue weighted by Gasteiger charge is 2.17. The zero-order valence-corrected chi connectivity index (χ0v) is 13.3. The summed E-state index contributed by atoms with van der Waals surface area (Å²) in [7, 11) is 0. The Morgan fingerprint density at radius 3 is 2.45 bits per heavy atom. The van der Waals surface area contributed by atoms with Gasteiger partial charge in [-0.1, -0.05) is 39.0 Å². The van der Waals surface area contributed by atoms with E-state index in [0.29, 0.717) is 6.04 Å². The highest BCUT2D eigenvalue weighted by molar-refractivity contribution is 5.21. The van der Waals surface area contributed by atoms with E-state index in [2.05, 4.69) is 37.9 Å². The number of hydrogen-bond acceptors (Lipinski definition) is 2. The molecule has 0 aromatic heterocycles. The largest absolute Gasteiger partial charge is 0.310 e. The minimum absolute atomic E-state index is 0.0966. The molecular formula is C17H29FN2. The zero-order valence-electron chi connectivity index (χ0n) is 13.3. The Morgan fingerprint density at radius 2 is 1.90 bits per heavy atom. The molecule has 0 bridgehead atoms. The van der Waals surface area contributed by atoms with Gasteiger partial charge >= 0.3 is 0 Å². The monoisotopic (exact) mass is 280 g/mol. The Hall–Kier alpha value is -0.930. The summed E-state index contributed by atoms with van der Waals surface area (Å²) in [6.45, 7) is 11.6. The first-order chi connectivity index (χ1) is 9.63. The Morgan fingerprint density at radius 1 is 1.20 bits per heavy atom. The number of rotatable bonds is 9. The second-order valence-electron chi connectivity index (χ2n) is 5.31. The van der Waals surface area contributed by atoms with E-state index in [1.165, 1.54) is 0 Å². The van der Waals surface area contributed by atoms with Crippen molar-refractivity contribution in [3.05, 3.63) is 35.6 Å². The molecule has 2 nitrogen and oxygen atoms in total. The summed E-state index contributed by atoms with van der Waals surface area (Å²) in [6.07, 6.45) is 2.09. The van der Waals surface area contributed by atoms with E-state index in [4.69, 9.17) is 0 Å². The molecule has 1 N–H and O–H groups in total. The molecule has 114 valence electrons.